The van der Waals surface area contributed by atoms with Crippen molar-refractivity contribution in [3.8, 4) is 11.3 Å². The number of rotatable bonds is 4. The van der Waals surface area contributed by atoms with Gasteiger partial charge >= 0.3 is 0 Å². The fourth-order valence-electron chi connectivity index (χ4n) is 3.08. The van der Waals surface area contributed by atoms with Gasteiger partial charge in [0.1, 0.15) is 17.9 Å². The van der Waals surface area contributed by atoms with Gasteiger partial charge in [0.2, 0.25) is 5.71 Å². The lowest BCUT2D eigenvalue weighted by Gasteiger charge is -2.11. The van der Waals surface area contributed by atoms with Gasteiger partial charge in [-0.1, -0.05) is 55.1 Å². The Morgan fingerprint density at radius 1 is 1.04 bits per heavy atom. The maximum absolute atomic E-state index is 13.3. The molecule has 0 atom stereocenters. The average Bonchev–Trinajstić information content (AvgIpc) is 3.15. The van der Waals surface area contributed by atoms with Gasteiger partial charge in [-0.3, -0.25) is 0 Å². The molecule has 0 radical (unpaired) electrons. The topological polar surface area (TPSA) is 38.9 Å². The number of nitrogens with zero attached hydrogens (tertiary/aromatic N) is 2. The molecule has 0 aliphatic heterocycles. The summed E-state index contributed by atoms with van der Waals surface area (Å²) < 4.78 is 19.2. The molecule has 0 fully saturated rings. The van der Waals surface area contributed by atoms with E-state index in [-0.39, 0.29) is 5.82 Å². The number of benzene rings is 2. The standard InChI is InChI=1S/C23H17FN2O/c1-3-19(15(2)16-9-11-18(24)12-10-16)22-20-13-21(17-7-5-4-6-8-17)27-23(20)26-14-25-22/h3-14H,2H2,1H3/b19-3+. The summed E-state index contributed by atoms with van der Waals surface area (Å²) in [5.74, 6) is 0.454. The Balaban J connectivity index is 1.81. The first-order valence-corrected chi connectivity index (χ1v) is 8.59. The molecule has 0 aliphatic rings. The lowest BCUT2D eigenvalue weighted by molar-refractivity contribution is 0.617. The van der Waals surface area contributed by atoms with Crippen LogP contribution in [-0.4, -0.2) is 9.97 Å². The van der Waals surface area contributed by atoms with Crippen molar-refractivity contribution in [2.24, 2.45) is 0 Å². The molecule has 4 heteroatoms. The molecule has 0 amide bonds. The highest BCUT2D eigenvalue weighted by atomic mass is 19.1. The van der Waals surface area contributed by atoms with Crippen LogP contribution in [0.3, 0.4) is 0 Å². The first kappa shape index (κ1) is 16.9. The van der Waals surface area contributed by atoms with Crippen LogP contribution in [0, 0.1) is 5.82 Å². The maximum Gasteiger partial charge on any atom is 0.230 e. The van der Waals surface area contributed by atoms with Gasteiger partial charge in [-0.2, -0.15) is 0 Å². The van der Waals surface area contributed by atoms with Gasteiger partial charge in [0.05, 0.1) is 11.1 Å². The second-order valence-electron chi connectivity index (χ2n) is 6.11. The van der Waals surface area contributed by atoms with Crippen molar-refractivity contribution in [3.63, 3.8) is 0 Å². The second kappa shape index (κ2) is 7.00. The van der Waals surface area contributed by atoms with Gasteiger partial charge in [0, 0.05) is 11.1 Å². The molecule has 0 bridgehead atoms. The molecule has 0 saturated heterocycles. The van der Waals surface area contributed by atoms with Gasteiger partial charge < -0.3 is 4.42 Å². The Morgan fingerprint density at radius 2 is 1.78 bits per heavy atom. The zero-order valence-corrected chi connectivity index (χ0v) is 14.8. The van der Waals surface area contributed by atoms with Crippen LogP contribution < -0.4 is 0 Å². The van der Waals surface area contributed by atoms with Crippen LogP contribution >= 0.6 is 0 Å². The number of furan rings is 1. The Kier molecular flexibility index (Phi) is 4.38. The van der Waals surface area contributed by atoms with Crippen molar-refractivity contribution < 1.29 is 8.81 Å². The Bertz CT molecular complexity index is 1140. The van der Waals surface area contributed by atoms with Crippen LogP contribution in [0.1, 0.15) is 18.2 Å². The highest BCUT2D eigenvalue weighted by Crippen LogP contribution is 2.35. The van der Waals surface area contributed by atoms with E-state index in [1.807, 2.05) is 49.4 Å². The monoisotopic (exact) mass is 356 g/mol. The molecular weight excluding hydrogens is 339 g/mol. The molecule has 0 N–H and O–H groups in total. The predicted octanol–water partition coefficient (Wildman–Crippen LogP) is 6.15. The van der Waals surface area contributed by atoms with E-state index >= 15 is 0 Å². The fourth-order valence-corrected chi connectivity index (χ4v) is 3.08. The number of aromatic nitrogens is 2. The molecule has 132 valence electrons. The molecule has 0 aliphatic carbocycles. The van der Waals surface area contributed by atoms with Crippen molar-refractivity contribution in [3.05, 3.63) is 96.7 Å². The zero-order valence-electron chi connectivity index (χ0n) is 14.8. The lowest BCUT2D eigenvalue weighted by atomic mass is 9.95. The molecular formula is C23H17FN2O. The second-order valence-corrected chi connectivity index (χ2v) is 6.11. The highest BCUT2D eigenvalue weighted by Gasteiger charge is 2.17. The predicted molar refractivity (Wildman–Crippen MR) is 106 cm³/mol. The van der Waals surface area contributed by atoms with Crippen LogP contribution in [0.25, 0.3) is 33.6 Å². The van der Waals surface area contributed by atoms with E-state index in [4.69, 9.17) is 4.42 Å². The van der Waals surface area contributed by atoms with Crippen LogP contribution in [0.5, 0.6) is 0 Å². The van der Waals surface area contributed by atoms with Crippen molar-refractivity contribution in [1.29, 1.82) is 0 Å². The van der Waals surface area contributed by atoms with Gasteiger partial charge in [0.15, 0.2) is 0 Å². The van der Waals surface area contributed by atoms with E-state index in [0.29, 0.717) is 5.71 Å². The molecule has 2 heterocycles. The van der Waals surface area contributed by atoms with Crippen molar-refractivity contribution in [2.45, 2.75) is 6.92 Å². The number of hydrogen-bond acceptors (Lipinski definition) is 3. The summed E-state index contributed by atoms with van der Waals surface area (Å²) in [5.41, 5.74) is 4.69. The minimum Gasteiger partial charge on any atom is -0.438 e. The molecule has 0 spiro atoms. The minimum absolute atomic E-state index is 0.277. The van der Waals surface area contributed by atoms with Gasteiger partial charge in [0.25, 0.3) is 0 Å². The smallest absolute Gasteiger partial charge is 0.230 e. The van der Waals surface area contributed by atoms with Gasteiger partial charge in [-0.15, -0.1) is 0 Å². The minimum atomic E-state index is -0.277. The molecule has 4 rings (SSSR count). The Labute approximate surface area is 156 Å². The molecule has 2 aromatic carbocycles. The van der Waals surface area contributed by atoms with Crippen LogP contribution in [0.2, 0.25) is 0 Å². The summed E-state index contributed by atoms with van der Waals surface area (Å²) in [7, 11) is 0. The normalized spacial score (nSPS) is 11.7. The van der Waals surface area contributed by atoms with E-state index in [0.717, 1.165) is 39.1 Å². The van der Waals surface area contributed by atoms with Gasteiger partial charge in [-0.05, 0) is 36.3 Å². The number of halogens is 1. The van der Waals surface area contributed by atoms with Crippen LogP contribution in [0.15, 0.2) is 84.1 Å². The number of allylic oxidation sites excluding steroid dienone is 3. The van der Waals surface area contributed by atoms with Crippen LogP contribution in [0.4, 0.5) is 4.39 Å². The molecule has 0 unspecified atom stereocenters. The quantitative estimate of drug-likeness (QED) is 0.412. The third-order valence-corrected chi connectivity index (χ3v) is 4.45. The summed E-state index contributed by atoms with van der Waals surface area (Å²) in [6.45, 7) is 6.12. The third-order valence-electron chi connectivity index (χ3n) is 4.45. The van der Waals surface area contributed by atoms with E-state index in [9.17, 15) is 4.39 Å². The summed E-state index contributed by atoms with van der Waals surface area (Å²) in [6.07, 6.45) is 3.43. The first-order chi connectivity index (χ1) is 13.2. The average molecular weight is 356 g/mol. The summed E-state index contributed by atoms with van der Waals surface area (Å²) in [5, 5.41) is 0.813. The van der Waals surface area contributed by atoms with E-state index in [2.05, 4.69) is 16.5 Å². The lowest BCUT2D eigenvalue weighted by Crippen LogP contribution is -1.94. The van der Waals surface area contributed by atoms with Crippen molar-refractivity contribution in [2.75, 3.05) is 0 Å². The van der Waals surface area contributed by atoms with Crippen molar-refractivity contribution in [1.82, 2.24) is 9.97 Å². The molecule has 2 aromatic heterocycles. The van der Waals surface area contributed by atoms with Crippen LogP contribution in [-0.2, 0) is 0 Å². The zero-order chi connectivity index (χ0) is 18.8. The SMILES string of the molecule is C=C(/C(=C\C)c1ncnc2oc(-c3ccccc3)cc12)c1ccc(F)cc1. The largest absolute Gasteiger partial charge is 0.438 e. The number of hydrogen-bond donors (Lipinski definition) is 0. The third kappa shape index (κ3) is 3.17. The van der Waals surface area contributed by atoms with Gasteiger partial charge in [-0.25, -0.2) is 14.4 Å². The number of fused-ring (bicyclic) bond motifs is 1. The Morgan fingerprint density at radius 3 is 2.48 bits per heavy atom. The summed E-state index contributed by atoms with van der Waals surface area (Å²) in [4.78, 5) is 8.74. The molecule has 0 saturated carbocycles. The molecule has 27 heavy (non-hydrogen) atoms. The van der Waals surface area contributed by atoms with E-state index in [1.165, 1.54) is 18.5 Å². The summed E-state index contributed by atoms with van der Waals surface area (Å²) >= 11 is 0. The highest BCUT2D eigenvalue weighted by molar-refractivity contribution is 6.08. The van der Waals surface area contributed by atoms with Crippen molar-refractivity contribution >= 4 is 22.2 Å². The van der Waals surface area contributed by atoms with E-state index < -0.39 is 0 Å². The molecule has 4 aromatic rings. The first-order valence-electron chi connectivity index (χ1n) is 8.59. The maximum atomic E-state index is 13.3. The van der Waals surface area contributed by atoms with E-state index in [1.54, 1.807) is 12.1 Å². The Hall–Kier alpha value is -3.53. The summed E-state index contributed by atoms with van der Waals surface area (Å²) in [6, 6.07) is 18.1. The molecule has 3 nitrogen and oxygen atoms in total. The fraction of sp³-hybridized carbons (Fsp3) is 0.0435.